The van der Waals surface area contributed by atoms with E-state index in [2.05, 4.69) is 19.1 Å². The smallest absolute Gasteiger partial charge is 0.0487 e. The van der Waals surface area contributed by atoms with Gasteiger partial charge in [0.05, 0.1) is 0 Å². The summed E-state index contributed by atoms with van der Waals surface area (Å²) < 4.78 is 0. The van der Waals surface area contributed by atoms with Crippen molar-refractivity contribution < 1.29 is 0 Å². The Hall–Kier alpha value is 0.0300. The van der Waals surface area contributed by atoms with Crippen LogP contribution in [0.3, 0.4) is 0 Å². The second-order valence-corrected chi connectivity index (χ2v) is 4.00. The maximum atomic E-state index is 5.75. The van der Waals surface area contributed by atoms with Gasteiger partial charge in [-0.3, -0.25) is 0 Å². The highest BCUT2D eigenvalue weighted by Crippen LogP contribution is 2.06. The average molecular weight is 189 g/mol. The lowest BCUT2D eigenvalue weighted by atomic mass is 10.1. The number of hydrogen-bond donors (Lipinski definition) is 0. The van der Waals surface area contributed by atoms with Crippen molar-refractivity contribution in [1.82, 2.24) is 0 Å². The summed E-state index contributed by atoms with van der Waals surface area (Å²) in [6.45, 7) is 4.24. The van der Waals surface area contributed by atoms with Crippen molar-refractivity contribution in [2.24, 2.45) is 0 Å². The van der Waals surface area contributed by atoms with Crippen LogP contribution in [0.15, 0.2) is 12.2 Å². The molecule has 0 rings (SSSR count). The molecule has 1 heteroatoms. The molecule has 0 aromatic heterocycles. The lowest BCUT2D eigenvalue weighted by molar-refractivity contribution is 0.637. The molecule has 1 unspecified atom stereocenters. The van der Waals surface area contributed by atoms with Gasteiger partial charge in [-0.05, 0) is 19.8 Å². The van der Waals surface area contributed by atoms with Gasteiger partial charge in [-0.2, -0.15) is 0 Å². The molecule has 0 saturated heterocycles. The molecule has 0 aromatic carbocycles. The fourth-order valence-electron chi connectivity index (χ4n) is 1.15. The summed E-state index contributed by atoms with van der Waals surface area (Å²) in [5.41, 5.74) is 0. The van der Waals surface area contributed by atoms with E-state index >= 15 is 0 Å². The van der Waals surface area contributed by atoms with Gasteiger partial charge in [0.1, 0.15) is 0 Å². The first-order valence-electron chi connectivity index (χ1n) is 5.08. The van der Waals surface area contributed by atoms with Gasteiger partial charge in [-0.25, -0.2) is 0 Å². The summed E-state index contributed by atoms with van der Waals surface area (Å²) in [5.74, 6) is 0. The first-order chi connectivity index (χ1) is 5.77. The van der Waals surface area contributed by atoms with E-state index in [0.29, 0.717) is 0 Å². The van der Waals surface area contributed by atoms with E-state index in [1.807, 2.05) is 6.92 Å². The van der Waals surface area contributed by atoms with Crippen LogP contribution in [0.5, 0.6) is 0 Å². The zero-order chi connectivity index (χ0) is 9.23. The summed E-state index contributed by atoms with van der Waals surface area (Å²) in [5, 5.41) is 0.195. The van der Waals surface area contributed by atoms with E-state index in [1.54, 1.807) is 0 Å². The molecule has 12 heavy (non-hydrogen) atoms. The Morgan fingerprint density at radius 1 is 1.17 bits per heavy atom. The third-order valence-corrected chi connectivity index (χ3v) is 2.02. The lowest BCUT2D eigenvalue weighted by Gasteiger charge is -1.96. The molecule has 0 amide bonds. The van der Waals surface area contributed by atoms with Crippen LogP contribution in [-0.4, -0.2) is 5.38 Å². The molecule has 72 valence electrons. The van der Waals surface area contributed by atoms with E-state index in [9.17, 15) is 0 Å². The zero-order valence-corrected chi connectivity index (χ0v) is 9.11. The Kier molecular flexibility index (Phi) is 9.14. The molecule has 1 atom stereocenters. The van der Waals surface area contributed by atoms with E-state index in [-0.39, 0.29) is 5.38 Å². The van der Waals surface area contributed by atoms with Crippen molar-refractivity contribution in [3.63, 3.8) is 0 Å². The summed E-state index contributed by atoms with van der Waals surface area (Å²) >= 11 is 5.75. The predicted molar refractivity (Wildman–Crippen MR) is 57.8 cm³/mol. The van der Waals surface area contributed by atoms with Crippen molar-refractivity contribution in [3.8, 4) is 0 Å². The zero-order valence-electron chi connectivity index (χ0n) is 8.35. The lowest BCUT2D eigenvalue weighted by Crippen LogP contribution is -1.81. The normalized spacial score (nSPS) is 13.9. The summed E-state index contributed by atoms with van der Waals surface area (Å²) in [7, 11) is 0. The SMILES string of the molecule is CCCCCCC/C=C/C(C)Cl. The van der Waals surface area contributed by atoms with Gasteiger partial charge < -0.3 is 0 Å². The van der Waals surface area contributed by atoms with Gasteiger partial charge in [0.15, 0.2) is 0 Å². The number of allylic oxidation sites excluding steroid dienone is 2. The molecule has 0 aliphatic carbocycles. The quantitative estimate of drug-likeness (QED) is 0.313. The van der Waals surface area contributed by atoms with Gasteiger partial charge >= 0.3 is 0 Å². The first-order valence-corrected chi connectivity index (χ1v) is 5.51. The largest absolute Gasteiger partial charge is 0.119 e. The van der Waals surface area contributed by atoms with Crippen LogP contribution in [0.25, 0.3) is 0 Å². The fraction of sp³-hybridized carbons (Fsp3) is 0.818. The van der Waals surface area contributed by atoms with Crippen molar-refractivity contribution in [3.05, 3.63) is 12.2 Å². The second-order valence-electron chi connectivity index (χ2n) is 3.31. The Bertz CT molecular complexity index is 106. The highest BCUT2D eigenvalue weighted by molar-refractivity contribution is 6.21. The topological polar surface area (TPSA) is 0 Å². The molecule has 0 heterocycles. The Morgan fingerprint density at radius 2 is 1.83 bits per heavy atom. The molecule has 0 fully saturated rings. The maximum absolute atomic E-state index is 5.75. The van der Waals surface area contributed by atoms with Gasteiger partial charge in [-0.15, -0.1) is 11.6 Å². The highest BCUT2D eigenvalue weighted by atomic mass is 35.5. The van der Waals surface area contributed by atoms with Gasteiger partial charge in [-0.1, -0.05) is 44.8 Å². The molecule has 0 aliphatic heterocycles. The van der Waals surface area contributed by atoms with Crippen molar-refractivity contribution in [1.29, 1.82) is 0 Å². The van der Waals surface area contributed by atoms with Crippen LogP contribution in [-0.2, 0) is 0 Å². The molecular formula is C11H21Cl. The third kappa shape index (κ3) is 10.0. The number of hydrogen-bond acceptors (Lipinski definition) is 0. The van der Waals surface area contributed by atoms with E-state index in [1.165, 1.54) is 38.5 Å². The van der Waals surface area contributed by atoms with Crippen LogP contribution < -0.4 is 0 Å². The molecule has 0 saturated carbocycles. The minimum Gasteiger partial charge on any atom is -0.119 e. The van der Waals surface area contributed by atoms with Crippen LogP contribution in [0.1, 0.15) is 52.4 Å². The highest BCUT2D eigenvalue weighted by Gasteiger charge is 1.88. The molecule has 0 nitrogen and oxygen atoms in total. The van der Waals surface area contributed by atoms with Gasteiger partial charge in [0.25, 0.3) is 0 Å². The molecule has 0 aromatic rings. The summed E-state index contributed by atoms with van der Waals surface area (Å²) in [4.78, 5) is 0. The number of alkyl halides is 1. The maximum Gasteiger partial charge on any atom is 0.0487 e. The van der Waals surface area contributed by atoms with E-state index in [0.717, 1.165) is 0 Å². The minimum absolute atomic E-state index is 0.195. The van der Waals surface area contributed by atoms with Crippen LogP contribution in [0, 0.1) is 0 Å². The molecular weight excluding hydrogens is 168 g/mol. The van der Waals surface area contributed by atoms with E-state index < -0.39 is 0 Å². The Morgan fingerprint density at radius 3 is 2.42 bits per heavy atom. The van der Waals surface area contributed by atoms with E-state index in [4.69, 9.17) is 11.6 Å². The van der Waals surface area contributed by atoms with Crippen LogP contribution in [0.4, 0.5) is 0 Å². The van der Waals surface area contributed by atoms with Crippen molar-refractivity contribution >= 4 is 11.6 Å². The van der Waals surface area contributed by atoms with Crippen LogP contribution >= 0.6 is 11.6 Å². The summed E-state index contributed by atoms with van der Waals surface area (Å²) in [6, 6.07) is 0. The molecule has 0 spiro atoms. The standard InChI is InChI=1S/C11H21Cl/c1-3-4-5-6-7-8-9-10-11(2)12/h9-11H,3-8H2,1-2H3/b10-9+. The third-order valence-electron chi connectivity index (χ3n) is 1.88. The second kappa shape index (κ2) is 9.12. The molecule has 0 bridgehead atoms. The number of rotatable bonds is 7. The van der Waals surface area contributed by atoms with Crippen molar-refractivity contribution in [2.75, 3.05) is 0 Å². The Labute approximate surface area is 82.0 Å². The molecule has 0 aliphatic rings. The Balaban J connectivity index is 3.00. The average Bonchev–Trinajstić information content (AvgIpc) is 2.02. The number of halogens is 1. The number of unbranched alkanes of at least 4 members (excludes halogenated alkanes) is 5. The monoisotopic (exact) mass is 188 g/mol. The fourth-order valence-corrected chi connectivity index (χ4v) is 1.25. The predicted octanol–water partition coefficient (Wildman–Crippen LogP) is 4.53. The van der Waals surface area contributed by atoms with Crippen molar-refractivity contribution in [2.45, 2.75) is 57.7 Å². The van der Waals surface area contributed by atoms with Gasteiger partial charge in [0.2, 0.25) is 0 Å². The minimum atomic E-state index is 0.195. The molecule has 0 N–H and O–H groups in total. The molecule has 0 radical (unpaired) electrons. The van der Waals surface area contributed by atoms with Gasteiger partial charge in [0, 0.05) is 5.38 Å². The summed E-state index contributed by atoms with van der Waals surface area (Å²) in [6.07, 6.45) is 12.3. The first kappa shape index (κ1) is 12.0. The van der Waals surface area contributed by atoms with Crippen LogP contribution in [0.2, 0.25) is 0 Å².